The van der Waals surface area contributed by atoms with Gasteiger partial charge in [-0.25, -0.2) is 0 Å². The number of alkyl halides is 3. The third-order valence-electron chi connectivity index (χ3n) is 5.92. The summed E-state index contributed by atoms with van der Waals surface area (Å²) in [6.07, 6.45) is -1.07. The zero-order valence-corrected chi connectivity index (χ0v) is 18.2. The van der Waals surface area contributed by atoms with Gasteiger partial charge in [0.2, 0.25) is 0 Å². The van der Waals surface area contributed by atoms with Crippen LogP contribution in [0.25, 0.3) is 5.57 Å². The number of hydrogen-bond donors (Lipinski definition) is 1. The Balaban J connectivity index is 1.71. The van der Waals surface area contributed by atoms with Crippen LogP contribution in [-0.4, -0.2) is 48.8 Å². The number of rotatable bonds is 7. The molecule has 2 aliphatic heterocycles. The summed E-state index contributed by atoms with van der Waals surface area (Å²) in [5, 5.41) is 8.85. The van der Waals surface area contributed by atoms with E-state index in [1.165, 1.54) is 18.6 Å². The Morgan fingerprint density at radius 2 is 1.79 bits per heavy atom. The topological polar surface area (TPSA) is 59.0 Å². The molecule has 8 heteroatoms. The van der Waals surface area contributed by atoms with E-state index in [0.29, 0.717) is 30.2 Å². The molecule has 1 fully saturated rings. The number of carboxylic acids is 1. The Kier molecular flexibility index (Phi) is 6.93. The lowest BCUT2D eigenvalue weighted by molar-refractivity contribution is -0.138. The number of fused-ring (bicyclic) bond motifs is 1. The molecule has 0 amide bonds. The van der Waals surface area contributed by atoms with E-state index in [-0.39, 0.29) is 13.0 Å². The fourth-order valence-electron chi connectivity index (χ4n) is 4.30. The highest BCUT2D eigenvalue weighted by molar-refractivity contribution is 5.87. The van der Waals surface area contributed by atoms with E-state index in [1.54, 1.807) is 18.2 Å². The van der Waals surface area contributed by atoms with Gasteiger partial charge < -0.3 is 14.6 Å². The molecular formula is C25H26F3NO4. The molecule has 33 heavy (non-hydrogen) atoms. The van der Waals surface area contributed by atoms with E-state index >= 15 is 0 Å². The van der Waals surface area contributed by atoms with Gasteiger partial charge in [-0.3, -0.25) is 9.69 Å². The van der Waals surface area contributed by atoms with Crippen LogP contribution in [-0.2, 0) is 11.0 Å². The van der Waals surface area contributed by atoms with Crippen molar-refractivity contribution in [3.05, 3.63) is 64.7 Å². The first-order valence-electron chi connectivity index (χ1n) is 11.0. The summed E-state index contributed by atoms with van der Waals surface area (Å²) in [5.41, 5.74) is 2.58. The summed E-state index contributed by atoms with van der Waals surface area (Å²) in [5.74, 6) is 0.158. The predicted octanol–water partition coefficient (Wildman–Crippen LogP) is 5.24. The third kappa shape index (κ3) is 5.68. The summed E-state index contributed by atoms with van der Waals surface area (Å²) < 4.78 is 50.9. The van der Waals surface area contributed by atoms with Gasteiger partial charge in [0.05, 0.1) is 18.6 Å². The van der Waals surface area contributed by atoms with E-state index in [0.717, 1.165) is 54.8 Å². The monoisotopic (exact) mass is 461 g/mol. The second kappa shape index (κ2) is 9.87. The molecule has 1 saturated heterocycles. The van der Waals surface area contributed by atoms with Crippen LogP contribution >= 0.6 is 0 Å². The van der Waals surface area contributed by atoms with Crippen molar-refractivity contribution in [2.45, 2.75) is 31.9 Å². The summed E-state index contributed by atoms with van der Waals surface area (Å²) in [4.78, 5) is 13.1. The van der Waals surface area contributed by atoms with Gasteiger partial charge in [0.1, 0.15) is 18.1 Å². The number of likely N-dealkylation sites (tertiary alicyclic amines) is 1. The Morgan fingerprint density at radius 1 is 1.06 bits per heavy atom. The quantitative estimate of drug-likeness (QED) is 0.611. The summed E-state index contributed by atoms with van der Waals surface area (Å²) >= 11 is 0. The number of carboxylic acid groups (broad SMARTS) is 1. The number of piperidine rings is 1. The molecular weight excluding hydrogens is 435 g/mol. The molecule has 2 heterocycles. The third-order valence-corrected chi connectivity index (χ3v) is 5.92. The summed E-state index contributed by atoms with van der Waals surface area (Å²) in [6, 6.07) is 10.4. The second-order valence-electron chi connectivity index (χ2n) is 8.33. The largest absolute Gasteiger partial charge is 0.493 e. The molecule has 0 unspecified atom stereocenters. The zero-order chi connectivity index (χ0) is 23.4. The van der Waals surface area contributed by atoms with E-state index in [9.17, 15) is 18.0 Å². The van der Waals surface area contributed by atoms with Gasteiger partial charge in [-0.2, -0.15) is 13.2 Å². The molecule has 0 aromatic heterocycles. The fraction of sp³-hybridized carbons (Fsp3) is 0.400. The Labute approximate surface area is 190 Å². The van der Waals surface area contributed by atoms with E-state index in [1.807, 2.05) is 0 Å². The minimum absolute atomic E-state index is 0.0228. The highest BCUT2D eigenvalue weighted by Crippen LogP contribution is 2.40. The van der Waals surface area contributed by atoms with Crippen LogP contribution < -0.4 is 9.47 Å². The van der Waals surface area contributed by atoms with Gasteiger partial charge in [0.15, 0.2) is 0 Å². The molecule has 0 atom stereocenters. The fourth-order valence-corrected chi connectivity index (χ4v) is 4.30. The van der Waals surface area contributed by atoms with Crippen molar-refractivity contribution < 1.29 is 32.5 Å². The van der Waals surface area contributed by atoms with Gasteiger partial charge in [-0.05, 0) is 73.0 Å². The first kappa shape index (κ1) is 23.2. The molecule has 0 spiro atoms. The van der Waals surface area contributed by atoms with Crippen LogP contribution in [0.5, 0.6) is 11.5 Å². The van der Waals surface area contributed by atoms with Crippen LogP contribution in [0.2, 0.25) is 0 Å². The first-order chi connectivity index (χ1) is 15.8. The van der Waals surface area contributed by atoms with Gasteiger partial charge in [0.25, 0.3) is 0 Å². The Hall–Kier alpha value is -3.00. The number of halogens is 3. The molecule has 0 bridgehead atoms. The molecule has 5 nitrogen and oxygen atoms in total. The minimum Gasteiger partial charge on any atom is -0.493 e. The summed E-state index contributed by atoms with van der Waals surface area (Å²) in [6.45, 7) is 3.03. The lowest BCUT2D eigenvalue weighted by atomic mass is 9.89. The molecule has 4 rings (SSSR count). The Morgan fingerprint density at radius 3 is 2.45 bits per heavy atom. The molecule has 2 aliphatic rings. The maximum absolute atomic E-state index is 13.1. The standard InChI is InChI=1S/C25H26F3NO4/c26-25(27,28)19-6-4-17(5-7-19)24-18(15-29-11-2-1-3-12-29)16-33-22-9-8-20(14-21(22)24)32-13-10-23(30)31/h4-9,14H,1-3,10-13,15-16H2,(H,30,31). The van der Waals surface area contributed by atoms with Crippen molar-refractivity contribution in [2.24, 2.45) is 0 Å². The number of ether oxygens (including phenoxy) is 2. The number of hydrogen-bond acceptors (Lipinski definition) is 4. The molecule has 0 aliphatic carbocycles. The van der Waals surface area contributed by atoms with Crippen molar-refractivity contribution >= 4 is 11.5 Å². The van der Waals surface area contributed by atoms with Crippen LogP contribution in [0.4, 0.5) is 13.2 Å². The normalized spacial score (nSPS) is 16.8. The molecule has 0 radical (unpaired) electrons. The number of carbonyl (C=O) groups is 1. The number of benzene rings is 2. The van der Waals surface area contributed by atoms with Gasteiger partial charge in [-0.15, -0.1) is 0 Å². The average Bonchev–Trinajstić information content (AvgIpc) is 2.79. The average molecular weight is 461 g/mol. The van der Waals surface area contributed by atoms with Gasteiger partial charge in [-0.1, -0.05) is 18.6 Å². The van der Waals surface area contributed by atoms with E-state index in [2.05, 4.69) is 4.90 Å². The highest BCUT2D eigenvalue weighted by Gasteiger charge is 2.31. The predicted molar refractivity (Wildman–Crippen MR) is 117 cm³/mol. The second-order valence-corrected chi connectivity index (χ2v) is 8.33. The minimum atomic E-state index is -4.40. The molecule has 2 aromatic rings. The van der Waals surface area contributed by atoms with Crippen molar-refractivity contribution in [3.63, 3.8) is 0 Å². The zero-order valence-electron chi connectivity index (χ0n) is 18.2. The number of aliphatic carboxylic acids is 1. The Bertz CT molecular complexity index is 1020. The number of nitrogens with zero attached hydrogens (tertiary/aromatic N) is 1. The van der Waals surface area contributed by atoms with Crippen LogP contribution in [0.3, 0.4) is 0 Å². The van der Waals surface area contributed by atoms with E-state index < -0.39 is 17.7 Å². The van der Waals surface area contributed by atoms with Crippen LogP contribution in [0, 0.1) is 0 Å². The molecule has 2 aromatic carbocycles. The highest BCUT2D eigenvalue weighted by atomic mass is 19.4. The van der Waals surface area contributed by atoms with Crippen molar-refractivity contribution in [2.75, 3.05) is 32.8 Å². The van der Waals surface area contributed by atoms with Gasteiger partial charge in [0, 0.05) is 12.1 Å². The SMILES string of the molecule is O=C(O)CCOc1ccc2c(c1)C(c1ccc(C(F)(F)F)cc1)=C(CN1CCCCC1)CO2. The van der Waals surface area contributed by atoms with Crippen molar-refractivity contribution in [1.82, 2.24) is 4.90 Å². The first-order valence-corrected chi connectivity index (χ1v) is 11.0. The maximum Gasteiger partial charge on any atom is 0.416 e. The van der Waals surface area contributed by atoms with Crippen molar-refractivity contribution in [1.29, 1.82) is 0 Å². The molecule has 0 saturated carbocycles. The molecule has 1 N–H and O–H groups in total. The lowest BCUT2D eigenvalue weighted by Gasteiger charge is -2.31. The van der Waals surface area contributed by atoms with Crippen LogP contribution in [0.15, 0.2) is 48.0 Å². The van der Waals surface area contributed by atoms with Gasteiger partial charge >= 0.3 is 12.1 Å². The van der Waals surface area contributed by atoms with Crippen LogP contribution in [0.1, 0.15) is 42.4 Å². The molecule has 176 valence electrons. The van der Waals surface area contributed by atoms with E-state index in [4.69, 9.17) is 14.6 Å². The maximum atomic E-state index is 13.1. The lowest BCUT2D eigenvalue weighted by Crippen LogP contribution is -2.33. The smallest absolute Gasteiger partial charge is 0.416 e. The van der Waals surface area contributed by atoms with Crippen molar-refractivity contribution in [3.8, 4) is 11.5 Å². The summed E-state index contributed by atoms with van der Waals surface area (Å²) in [7, 11) is 0.